The standard InChI is InChI=1S/C5H10F2O2/c1-5(6,7)4(8)3-9-2/h4,8H,3H2,1-2H3. The Morgan fingerprint density at radius 2 is 2.11 bits per heavy atom. The van der Waals surface area contributed by atoms with Gasteiger partial charge < -0.3 is 9.84 Å². The summed E-state index contributed by atoms with van der Waals surface area (Å²) in [7, 11) is 1.26. The summed E-state index contributed by atoms with van der Waals surface area (Å²) in [6, 6.07) is 0. The fourth-order valence-electron chi connectivity index (χ4n) is 0.304. The van der Waals surface area contributed by atoms with Gasteiger partial charge in [-0.15, -0.1) is 0 Å². The third-order valence-corrected chi connectivity index (χ3v) is 0.910. The summed E-state index contributed by atoms with van der Waals surface area (Å²) in [6.45, 7) is 0.320. The molecule has 0 bridgehead atoms. The second-order valence-electron chi connectivity index (χ2n) is 1.93. The Labute approximate surface area is 52.4 Å². The van der Waals surface area contributed by atoms with Gasteiger partial charge >= 0.3 is 0 Å². The van der Waals surface area contributed by atoms with Gasteiger partial charge in [-0.25, -0.2) is 8.78 Å². The fourth-order valence-corrected chi connectivity index (χ4v) is 0.304. The lowest BCUT2D eigenvalue weighted by atomic mass is 10.2. The van der Waals surface area contributed by atoms with Gasteiger partial charge in [0.15, 0.2) is 0 Å². The molecule has 0 fully saturated rings. The van der Waals surface area contributed by atoms with Gasteiger partial charge in [0.2, 0.25) is 0 Å². The van der Waals surface area contributed by atoms with Crippen molar-refractivity contribution in [3.63, 3.8) is 0 Å². The van der Waals surface area contributed by atoms with Crippen LogP contribution in [0.25, 0.3) is 0 Å². The van der Waals surface area contributed by atoms with Crippen LogP contribution in [-0.2, 0) is 4.74 Å². The first-order valence-electron chi connectivity index (χ1n) is 2.53. The lowest BCUT2D eigenvalue weighted by Gasteiger charge is -2.16. The monoisotopic (exact) mass is 140 g/mol. The molecule has 0 aromatic carbocycles. The summed E-state index contributed by atoms with van der Waals surface area (Å²) < 4.78 is 28.2. The van der Waals surface area contributed by atoms with E-state index in [1.807, 2.05) is 0 Å². The maximum Gasteiger partial charge on any atom is 0.272 e. The van der Waals surface area contributed by atoms with Crippen LogP contribution < -0.4 is 0 Å². The molecule has 0 radical (unpaired) electrons. The van der Waals surface area contributed by atoms with Crippen LogP contribution in [0.15, 0.2) is 0 Å². The van der Waals surface area contributed by atoms with Gasteiger partial charge in [-0.05, 0) is 0 Å². The number of halogens is 2. The fraction of sp³-hybridized carbons (Fsp3) is 1.00. The maximum atomic E-state index is 12.0. The van der Waals surface area contributed by atoms with E-state index in [0.29, 0.717) is 6.92 Å². The first kappa shape index (κ1) is 8.78. The van der Waals surface area contributed by atoms with Crippen LogP contribution in [0.3, 0.4) is 0 Å². The molecule has 0 aromatic heterocycles. The van der Waals surface area contributed by atoms with E-state index in [1.54, 1.807) is 0 Å². The lowest BCUT2D eigenvalue weighted by molar-refractivity contribution is -0.116. The van der Waals surface area contributed by atoms with Crippen molar-refractivity contribution in [3.8, 4) is 0 Å². The largest absolute Gasteiger partial charge is 0.384 e. The third kappa shape index (κ3) is 3.37. The molecule has 1 unspecified atom stereocenters. The lowest BCUT2D eigenvalue weighted by Crippen LogP contribution is -2.33. The summed E-state index contributed by atoms with van der Waals surface area (Å²) in [5, 5.41) is 8.51. The number of hydrogen-bond donors (Lipinski definition) is 1. The summed E-state index contributed by atoms with van der Waals surface area (Å²) in [6.07, 6.45) is -1.69. The van der Waals surface area contributed by atoms with Crippen LogP contribution in [0.2, 0.25) is 0 Å². The van der Waals surface area contributed by atoms with Gasteiger partial charge in [-0.3, -0.25) is 0 Å². The second-order valence-corrected chi connectivity index (χ2v) is 1.93. The van der Waals surface area contributed by atoms with Crippen molar-refractivity contribution >= 4 is 0 Å². The highest BCUT2D eigenvalue weighted by Crippen LogP contribution is 2.16. The van der Waals surface area contributed by atoms with Crippen molar-refractivity contribution in [2.75, 3.05) is 13.7 Å². The second kappa shape index (κ2) is 3.08. The van der Waals surface area contributed by atoms with Gasteiger partial charge in [0.25, 0.3) is 5.92 Å². The highest BCUT2D eigenvalue weighted by atomic mass is 19.3. The summed E-state index contributed by atoms with van der Waals surface area (Å²) >= 11 is 0. The van der Waals surface area contributed by atoms with Crippen LogP contribution in [-0.4, -0.2) is 30.8 Å². The number of ether oxygens (including phenoxy) is 1. The van der Waals surface area contributed by atoms with E-state index in [0.717, 1.165) is 0 Å². The molecule has 1 atom stereocenters. The number of aliphatic hydroxyl groups is 1. The molecule has 56 valence electrons. The van der Waals surface area contributed by atoms with Crippen LogP contribution in [0.1, 0.15) is 6.92 Å². The zero-order valence-corrected chi connectivity index (χ0v) is 5.40. The molecule has 0 heterocycles. The van der Waals surface area contributed by atoms with Crippen molar-refractivity contribution in [1.29, 1.82) is 0 Å². The summed E-state index contributed by atoms with van der Waals surface area (Å²) in [5.74, 6) is -3.06. The number of alkyl halides is 2. The minimum absolute atomic E-state index is 0.330. The number of rotatable bonds is 3. The molecule has 0 rings (SSSR count). The molecule has 0 aliphatic heterocycles. The van der Waals surface area contributed by atoms with Crippen molar-refractivity contribution in [2.45, 2.75) is 19.0 Å². The quantitative estimate of drug-likeness (QED) is 0.623. The van der Waals surface area contributed by atoms with E-state index in [4.69, 9.17) is 5.11 Å². The minimum Gasteiger partial charge on any atom is -0.384 e. The SMILES string of the molecule is COCC(O)C(C)(F)F. The average Bonchev–Trinajstić information content (AvgIpc) is 1.64. The van der Waals surface area contributed by atoms with Crippen molar-refractivity contribution < 1.29 is 18.6 Å². The highest BCUT2D eigenvalue weighted by Gasteiger charge is 2.31. The molecule has 0 aliphatic rings. The van der Waals surface area contributed by atoms with E-state index < -0.39 is 12.0 Å². The van der Waals surface area contributed by atoms with Crippen LogP contribution in [0.5, 0.6) is 0 Å². The van der Waals surface area contributed by atoms with Crippen molar-refractivity contribution in [2.24, 2.45) is 0 Å². The number of methoxy groups -OCH3 is 1. The number of aliphatic hydroxyl groups excluding tert-OH is 1. The van der Waals surface area contributed by atoms with Gasteiger partial charge in [-0.1, -0.05) is 0 Å². The zero-order chi connectivity index (χ0) is 7.49. The zero-order valence-electron chi connectivity index (χ0n) is 5.40. The van der Waals surface area contributed by atoms with Crippen LogP contribution in [0.4, 0.5) is 8.78 Å². The molecule has 0 aliphatic carbocycles. The molecule has 0 aromatic rings. The Morgan fingerprint density at radius 3 is 2.22 bits per heavy atom. The molecule has 0 saturated heterocycles. The van der Waals surface area contributed by atoms with E-state index in [-0.39, 0.29) is 6.61 Å². The van der Waals surface area contributed by atoms with Crippen LogP contribution in [0, 0.1) is 0 Å². The minimum atomic E-state index is -3.06. The Bertz CT molecular complexity index is 79.5. The predicted molar refractivity (Wildman–Crippen MR) is 28.5 cm³/mol. The Kier molecular flexibility index (Phi) is 3.00. The Balaban J connectivity index is 3.59. The van der Waals surface area contributed by atoms with Gasteiger partial charge in [0.05, 0.1) is 6.61 Å². The molecule has 9 heavy (non-hydrogen) atoms. The smallest absolute Gasteiger partial charge is 0.272 e. The van der Waals surface area contributed by atoms with E-state index in [1.165, 1.54) is 7.11 Å². The van der Waals surface area contributed by atoms with Crippen molar-refractivity contribution in [1.82, 2.24) is 0 Å². The number of hydrogen-bond acceptors (Lipinski definition) is 2. The first-order chi connectivity index (χ1) is 3.98. The molecule has 4 heteroatoms. The Morgan fingerprint density at radius 1 is 1.67 bits per heavy atom. The van der Waals surface area contributed by atoms with E-state index in [2.05, 4.69) is 4.74 Å². The summed E-state index contributed by atoms with van der Waals surface area (Å²) in [4.78, 5) is 0. The predicted octanol–water partition coefficient (Wildman–Crippen LogP) is 0.649. The van der Waals surface area contributed by atoms with Gasteiger partial charge in [-0.2, -0.15) is 0 Å². The molecular formula is C5H10F2O2. The third-order valence-electron chi connectivity index (χ3n) is 0.910. The molecule has 0 saturated carbocycles. The van der Waals surface area contributed by atoms with Crippen LogP contribution >= 0.6 is 0 Å². The molecule has 0 amide bonds. The maximum absolute atomic E-state index is 12.0. The normalized spacial score (nSPS) is 15.7. The van der Waals surface area contributed by atoms with Crippen molar-refractivity contribution in [3.05, 3.63) is 0 Å². The molecular weight excluding hydrogens is 130 g/mol. The van der Waals surface area contributed by atoms with E-state index in [9.17, 15) is 8.78 Å². The highest BCUT2D eigenvalue weighted by molar-refractivity contribution is 4.69. The average molecular weight is 140 g/mol. The molecule has 2 nitrogen and oxygen atoms in total. The molecule has 1 N–H and O–H groups in total. The van der Waals surface area contributed by atoms with E-state index >= 15 is 0 Å². The van der Waals surface area contributed by atoms with Gasteiger partial charge in [0, 0.05) is 14.0 Å². The molecule has 0 spiro atoms. The Hall–Kier alpha value is -0.220. The summed E-state index contributed by atoms with van der Waals surface area (Å²) in [5.41, 5.74) is 0. The van der Waals surface area contributed by atoms with Gasteiger partial charge in [0.1, 0.15) is 6.10 Å². The topological polar surface area (TPSA) is 29.5 Å². The first-order valence-corrected chi connectivity index (χ1v) is 2.53.